The molecule has 1 saturated heterocycles. The summed E-state index contributed by atoms with van der Waals surface area (Å²) in [4.78, 5) is 15.1. The van der Waals surface area contributed by atoms with Crippen LogP contribution in [-0.2, 0) is 4.74 Å². The minimum Gasteiger partial charge on any atom is -0.491 e. The number of amides is 1. The van der Waals surface area contributed by atoms with Crippen molar-refractivity contribution in [2.24, 2.45) is 0 Å². The largest absolute Gasteiger partial charge is 0.491 e. The predicted octanol–water partition coefficient (Wildman–Crippen LogP) is 4.06. The summed E-state index contributed by atoms with van der Waals surface area (Å²) in [6, 6.07) is 17.9. The second-order valence-electron chi connectivity index (χ2n) is 7.33. The highest BCUT2D eigenvalue weighted by Crippen LogP contribution is 2.20. The lowest BCUT2D eigenvalue weighted by Gasteiger charge is -2.30. The average molecular weight is 397 g/mol. The number of ether oxygens (including phenoxy) is 2. The SMILES string of the molecule is CCN(CC)C(CNC(=O)c1cccc(OCC2CCCO2)c1)c1ccccc1. The number of hydrogen-bond donors (Lipinski definition) is 1. The number of nitrogens with one attached hydrogen (secondary N) is 1. The highest BCUT2D eigenvalue weighted by Gasteiger charge is 2.19. The third-order valence-corrected chi connectivity index (χ3v) is 5.45. The van der Waals surface area contributed by atoms with E-state index < -0.39 is 0 Å². The van der Waals surface area contributed by atoms with Gasteiger partial charge in [-0.1, -0.05) is 50.2 Å². The lowest BCUT2D eigenvalue weighted by atomic mass is 10.0. The zero-order valence-electron chi connectivity index (χ0n) is 17.5. The van der Waals surface area contributed by atoms with E-state index >= 15 is 0 Å². The Morgan fingerprint density at radius 1 is 1.17 bits per heavy atom. The molecule has 29 heavy (non-hydrogen) atoms. The molecular formula is C24H32N2O3. The zero-order chi connectivity index (χ0) is 20.5. The second-order valence-corrected chi connectivity index (χ2v) is 7.33. The van der Waals surface area contributed by atoms with E-state index in [1.54, 1.807) is 6.07 Å². The number of likely N-dealkylation sites (N-methyl/N-ethyl adjacent to an activating group) is 1. The molecule has 1 amide bonds. The molecule has 1 aliphatic rings. The van der Waals surface area contributed by atoms with Gasteiger partial charge in [0.15, 0.2) is 0 Å². The molecule has 0 saturated carbocycles. The Labute approximate surface area is 174 Å². The molecule has 2 unspecified atom stereocenters. The van der Waals surface area contributed by atoms with Crippen molar-refractivity contribution >= 4 is 5.91 Å². The van der Waals surface area contributed by atoms with Crippen LogP contribution >= 0.6 is 0 Å². The number of carbonyl (C=O) groups excluding carboxylic acids is 1. The second kappa shape index (κ2) is 11.0. The van der Waals surface area contributed by atoms with Gasteiger partial charge < -0.3 is 14.8 Å². The molecule has 0 aromatic heterocycles. The molecule has 1 aliphatic heterocycles. The standard InChI is InChI=1S/C24H32N2O3/c1-3-26(4-2)23(19-10-6-5-7-11-19)17-25-24(27)20-12-8-13-21(16-20)29-18-22-14-9-15-28-22/h5-8,10-13,16,22-23H,3-4,9,14-15,17-18H2,1-2H3,(H,25,27). The van der Waals surface area contributed by atoms with Crippen molar-refractivity contribution in [3.8, 4) is 5.75 Å². The third-order valence-electron chi connectivity index (χ3n) is 5.45. The lowest BCUT2D eigenvalue weighted by molar-refractivity contribution is 0.0679. The van der Waals surface area contributed by atoms with Gasteiger partial charge in [-0.2, -0.15) is 0 Å². The zero-order valence-corrected chi connectivity index (χ0v) is 17.5. The molecule has 2 atom stereocenters. The average Bonchev–Trinajstić information content (AvgIpc) is 3.29. The summed E-state index contributed by atoms with van der Waals surface area (Å²) >= 11 is 0. The summed E-state index contributed by atoms with van der Waals surface area (Å²) < 4.78 is 11.4. The van der Waals surface area contributed by atoms with Crippen LogP contribution in [0.4, 0.5) is 0 Å². The molecule has 5 heteroatoms. The van der Waals surface area contributed by atoms with Crippen molar-refractivity contribution in [2.45, 2.75) is 38.8 Å². The molecular weight excluding hydrogens is 364 g/mol. The highest BCUT2D eigenvalue weighted by atomic mass is 16.5. The smallest absolute Gasteiger partial charge is 0.251 e. The van der Waals surface area contributed by atoms with Crippen molar-refractivity contribution in [3.05, 3.63) is 65.7 Å². The van der Waals surface area contributed by atoms with Crippen LogP contribution in [0.25, 0.3) is 0 Å². The van der Waals surface area contributed by atoms with Gasteiger partial charge in [-0.3, -0.25) is 9.69 Å². The number of hydrogen-bond acceptors (Lipinski definition) is 4. The van der Waals surface area contributed by atoms with Crippen molar-refractivity contribution in [1.29, 1.82) is 0 Å². The topological polar surface area (TPSA) is 50.8 Å². The molecule has 1 heterocycles. The third kappa shape index (κ3) is 6.05. The maximum absolute atomic E-state index is 12.8. The molecule has 2 aromatic rings. The monoisotopic (exact) mass is 396 g/mol. The van der Waals surface area contributed by atoms with Crippen LogP contribution in [-0.4, -0.2) is 49.8 Å². The molecule has 0 bridgehead atoms. The van der Waals surface area contributed by atoms with Crippen molar-refractivity contribution in [1.82, 2.24) is 10.2 Å². The van der Waals surface area contributed by atoms with Crippen LogP contribution in [0.15, 0.2) is 54.6 Å². The molecule has 3 rings (SSSR count). The van der Waals surface area contributed by atoms with E-state index in [0.29, 0.717) is 24.5 Å². The van der Waals surface area contributed by atoms with Gasteiger partial charge in [0.2, 0.25) is 0 Å². The first-order chi connectivity index (χ1) is 14.2. The summed E-state index contributed by atoms with van der Waals surface area (Å²) in [6.45, 7) is 8.06. The van der Waals surface area contributed by atoms with Gasteiger partial charge in [-0.15, -0.1) is 0 Å². The minimum absolute atomic E-state index is 0.0827. The highest BCUT2D eigenvalue weighted by molar-refractivity contribution is 5.94. The van der Waals surface area contributed by atoms with Gasteiger partial charge in [0.25, 0.3) is 5.91 Å². The molecule has 0 radical (unpaired) electrons. The number of benzene rings is 2. The maximum atomic E-state index is 12.8. The van der Waals surface area contributed by atoms with Crippen LogP contribution < -0.4 is 10.1 Å². The van der Waals surface area contributed by atoms with E-state index in [4.69, 9.17) is 9.47 Å². The number of nitrogens with zero attached hydrogens (tertiary/aromatic N) is 1. The van der Waals surface area contributed by atoms with Crippen LogP contribution in [0.5, 0.6) is 5.75 Å². The molecule has 2 aromatic carbocycles. The first-order valence-electron chi connectivity index (χ1n) is 10.6. The Hall–Kier alpha value is -2.37. The van der Waals surface area contributed by atoms with E-state index in [2.05, 4.69) is 36.2 Å². The summed E-state index contributed by atoms with van der Waals surface area (Å²) in [6.07, 6.45) is 2.28. The summed E-state index contributed by atoms with van der Waals surface area (Å²) in [5.41, 5.74) is 1.83. The molecule has 5 nitrogen and oxygen atoms in total. The minimum atomic E-state index is -0.0827. The number of carbonyl (C=O) groups is 1. The van der Waals surface area contributed by atoms with Crippen molar-refractivity contribution in [3.63, 3.8) is 0 Å². The fourth-order valence-corrected chi connectivity index (χ4v) is 3.78. The summed E-state index contributed by atoms with van der Waals surface area (Å²) in [5, 5.41) is 3.11. The molecule has 0 aliphatic carbocycles. The summed E-state index contributed by atoms with van der Waals surface area (Å²) in [7, 11) is 0. The molecule has 0 spiro atoms. The van der Waals surface area contributed by atoms with Crippen LogP contribution in [0.2, 0.25) is 0 Å². The van der Waals surface area contributed by atoms with Gasteiger partial charge in [0.1, 0.15) is 12.4 Å². The van der Waals surface area contributed by atoms with E-state index in [-0.39, 0.29) is 18.1 Å². The van der Waals surface area contributed by atoms with Gasteiger partial charge in [0.05, 0.1) is 12.1 Å². The van der Waals surface area contributed by atoms with Gasteiger partial charge in [0, 0.05) is 18.7 Å². The number of rotatable bonds is 10. The first-order valence-corrected chi connectivity index (χ1v) is 10.6. The first kappa shape index (κ1) is 21.3. The fraction of sp³-hybridized carbons (Fsp3) is 0.458. The van der Waals surface area contributed by atoms with E-state index in [1.807, 2.05) is 36.4 Å². The Bertz CT molecular complexity index is 756. The van der Waals surface area contributed by atoms with Crippen LogP contribution in [0.3, 0.4) is 0 Å². The van der Waals surface area contributed by atoms with Gasteiger partial charge in [-0.25, -0.2) is 0 Å². The van der Waals surface area contributed by atoms with Crippen LogP contribution in [0, 0.1) is 0 Å². The van der Waals surface area contributed by atoms with Crippen molar-refractivity contribution < 1.29 is 14.3 Å². The quantitative estimate of drug-likeness (QED) is 0.658. The Kier molecular flexibility index (Phi) is 8.08. The summed E-state index contributed by atoms with van der Waals surface area (Å²) in [5.74, 6) is 0.622. The van der Waals surface area contributed by atoms with E-state index in [9.17, 15) is 4.79 Å². The van der Waals surface area contributed by atoms with E-state index in [0.717, 1.165) is 32.5 Å². The Morgan fingerprint density at radius 3 is 2.66 bits per heavy atom. The van der Waals surface area contributed by atoms with Gasteiger partial charge >= 0.3 is 0 Å². The predicted molar refractivity (Wildman–Crippen MR) is 115 cm³/mol. The van der Waals surface area contributed by atoms with E-state index in [1.165, 1.54) is 5.56 Å². The van der Waals surface area contributed by atoms with Crippen LogP contribution in [0.1, 0.15) is 48.7 Å². The van der Waals surface area contributed by atoms with Crippen molar-refractivity contribution in [2.75, 3.05) is 32.8 Å². The Morgan fingerprint density at radius 2 is 1.97 bits per heavy atom. The fourth-order valence-electron chi connectivity index (χ4n) is 3.78. The molecule has 1 N–H and O–H groups in total. The normalized spacial score (nSPS) is 17.3. The Balaban J connectivity index is 1.61. The molecule has 156 valence electrons. The van der Waals surface area contributed by atoms with Gasteiger partial charge in [-0.05, 0) is 49.7 Å². The lowest BCUT2D eigenvalue weighted by Crippen LogP contribution is -2.38. The maximum Gasteiger partial charge on any atom is 0.251 e. The molecule has 1 fully saturated rings.